The predicted molar refractivity (Wildman–Crippen MR) is 62.9 cm³/mol. The maximum absolute atomic E-state index is 5.82. The predicted octanol–water partition coefficient (Wildman–Crippen LogP) is 3.97. The summed E-state index contributed by atoms with van der Waals surface area (Å²) in [7, 11) is 0. The Kier molecular flexibility index (Phi) is 7.35. The molecule has 1 aliphatic rings. The van der Waals surface area contributed by atoms with Crippen LogP contribution < -0.4 is 5.73 Å². The van der Waals surface area contributed by atoms with Gasteiger partial charge in [0.1, 0.15) is 0 Å². The lowest BCUT2D eigenvalue weighted by Crippen LogP contribution is -2.29. The van der Waals surface area contributed by atoms with E-state index in [0.29, 0.717) is 5.41 Å². The van der Waals surface area contributed by atoms with E-state index in [9.17, 15) is 0 Å². The molecule has 0 aliphatic heterocycles. The van der Waals surface area contributed by atoms with Gasteiger partial charge in [-0.3, -0.25) is 0 Å². The lowest BCUT2D eigenvalue weighted by Gasteiger charge is -2.29. The molecule has 1 heteroatoms. The summed E-state index contributed by atoms with van der Waals surface area (Å²) in [5.41, 5.74) is 6.34. The van der Waals surface area contributed by atoms with Crippen LogP contribution in [0.5, 0.6) is 0 Å². The molecule has 1 nitrogen and oxygen atoms in total. The topological polar surface area (TPSA) is 26.0 Å². The maximum atomic E-state index is 5.82. The van der Waals surface area contributed by atoms with Crippen molar-refractivity contribution < 1.29 is 1.43 Å². The van der Waals surface area contributed by atoms with E-state index in [1.54, 1.807) is 0 Å². The molecule has 0 saturated heterocycles. The highest BCUT2D eigenvalue weighted by Gasteiger charge is 2.26. The van der Waals surface area contributed by atoms with E-state index in [4.69, 9.17) is 5.73 Å². The van der Waals surface area contributed by atoms with Crippen LogP contribution in [0.25, 0.3) is 0 Å². The highest BCUT2D eigenvalue weighted by molar-refractivity contribution is 4.80. The highest BCUT2D eigenvalue weighted by Crippen LogP contribution is 2.36. The van der Waals surface area contributed by atoms with Crippen LogP contribution in [0, 0.1) is 5.41 Å². The molecule has 0 atom stereocenters. The van der Waals surface area contributed by atoms with Gasteiger partial charge in [0.25, 0.3) is 0 Å². The van der Waals surface area contributed by atoms with Crippen molar-refractivity contribution >= 4 is 0 Å². The fraction of sp³-hybridized carbons (Fsp3) is 1.00. The third-order valence-corrected chi connectivity index (χ3v) is 3.35. The van der Waals surface area contributed by atoms with Crippen molar-refractivity contribution in [2.75, 3.05) is 6.54 Å². The average Bonchev–Trinajstić information content (AvgIpc) is 2.46. The molecule has 0 amide bonds. The van der Waals surface area contributed by atoms with Gasteiger partial charge in [-0.1, -0.05) is 46.5 Å². The van der Waals surface area contributed by atoms with Crippen LogP contribution in [0.1, 0.15) is 67.1 Å². The minimum absolute atomic E-state index is 0. The molecule has 2 N–H and O–H groups in total. The van der Waals surface area contributed by atoms with Gasteiger partial charge in [0.2, 0.25) is 0 Å². The standard InChI is InChI=1S/C10H21N.C2H6.H2/c1-2-10(9-11)7-5-3-4-6-8-10;1-2;/h2-9,11H2,1H3;1-2H3;1H. The molecule has 0 radical (unpaired) electrons. The Balaban J connectivity index is 0. The lowest BCUT2D eigenvalue weighted by atomic mass is 9.78. The first-order chi connectivity index (χ1) is 6.33. The zero-order chi connectivity index (χ0) is 10.2. The summed E-state index contributed by atoms with van der Waals surface area (Å²) < 4.78 is 0. The van der Waals surface area contributed by atoms with Crippen LogP contribution in [0.4, 0.5) is 0 Å². The van der Waals surface area contributed by atoms with E-state index in [2.05, 4.69) is 6.92 Å². The van der Waals surface area contributed by atoms with Crippen molar-refractivity contribution in [2.45, 2.75) is 65.7 Å². The van der Waals surface area contributed by atoms with E-state index in [1.807, 2.05) is 13.8 Å². The van der Waals surface area contributed by atoms with Gasteiger partial charge in [-0.2, -0.15) is 0 Å². The maximum Gasteiger partial charge on any atom is 0 e. The Morgan fingerprint density at radius 2 is 1.54 bits per heavy atom. The Labute approximate surface area is 85.6 Å². The third-order valence-electron chi connectivity index (χ3n) is 3.35. The summed E-state index contributed by atoms with van der Waals surface area (Å²) in [6.07, 6.45) is 9.71. The molecule has 0 aromatic carbocycles. The lowest BCUT2D eigenvalue weighted by molar-refractivity contribution is 0.244. The Hall–Kier alpha value is -0.0400. The summed E-state index contributed by atoms with van der Waals surface area (Å²) in [6, 6.07) is 0. The normalized spacial score (nSPS) is 21.2. The molecular formula is C12H29N. The minimum Gasteiger partial charge on any atom is -0.330 e. The van der Waals surface area contributed by atoms with Crippen molar-refractivity contribution in [3.63, 3.8) is 0 Å². The van der Waals surface area contributed by atoms with Crippen molar-refractivity contribution in [2.24, 2.45) is 11.1 Å². The molecule has 0 bridgehead atoms. The Morgan fingerprint density at radius 3 is 1.85 bits per heavy atom. The van der Waals surface area contributed by atoms with E-state index in [-0.39, 0.29) is 1.43 Å². The molecule has 0 heterocycles. The smallest absolute Gasteiger partial charge is 0 e. The van der Waals surface area contributed by atoms with Crippen molar-refractivity contribution in [1.82, 2.24) is 0 Å². The Morgan fingerprint density at radius 1 is 1.08 bits per heavy atom. The number of nitrogens with two attached hydrogens (primary N) is 1. The quantitative estimate of drug-likeness (QED) is 0.650. The summed E-state index contributed by atoms with van der Waals surface area (Å²) >= 11 is 0. The Bertz CT molecular complexity index is 101. The second-order valence-electron chi connectivity index (χ2n) is 3.97. The fourth-order valence-electron chi connectivity index (χ4n) is 2.18. The summed E-state index contributed by atoms with van der Waals surface area (Å²) in [5.74, 6) is 0. The van der Waals surface area contributed by atoms with Gasteiger partial charge in [-0.15, -0.1) is 0 Å². The number of hydrogen-bond donors (Lipinski definition) is 1. The first-order valence-corrected chi connectivity index (χ1v) is 6.03. The van der Waals surface area contributed by atoms with E-state index < -0.39 is 0 Å². The minimum atomic E-state index is 0. The average molecular weight is 187 g/mol. The molecule has 82 valence electrons. The van der Waals surface area contributed by atoms with Gasteiger partial charge in [-0.25, -0.2) is 0 Å². The first-order valence-electron chi connectivity index (χ1n) is 6.03. The van der Waals surface area contributed by atoms with Gasteiger partial charge in [0, 0.05) is 1.43 Å². The zero-order valence-electron chi connectivity index (χ0n) is 9.73. The molecule has 0 aromatic rings. The molecular weight excluding hydrogens is 158 g/mol. The largest absolute Gasteiger partial charge is 0.330 e. The van der Waals surface area contributed by atoms with Crippen LogP contribution in [0.3, 0.4) is 0 Å². The highest BCUT2D eigenvalue weighted by atomic mass is 14.6. The van der Waals surface area contributed by atoms with E-state index in [1.165, 1.54) is 44.9 Å². The second-order valence-corrected chi connectivity index (χ2v) is 3.97. The van der Waals surface area contributed by atoms with Crippen LogP contribution in [-0.2, 0) is 0 Å². The van der Waals surface area contributed by atoms with E-state index in [0.717, 1.165) is 6.54 Å². The first kappa shape index (κ1) is 13.0. The monoisotopic (exact) mass is 187 g/mol. The van der Waals surface area contributed by atoms with Gasteiger partial charge in [0.05, 0.1) is 0 Å². The number of rotatable bonds is 2. The van der Waals surface area contributed by atoms with Crippen molar-refractivity contribution in [1.29, 1.82) is 0 Å². The molecule has 1 saturated carbocycles. The molecule has 0 spiro atoms. The van der Waals surface area contributed by atoms with Crippen LogP contribution >= 0.6 is 0 Å². The summed E-state index contributed by atoms with van der Waals surface area (Å²) in [4.78, 5) is 0. The van der Waals surface area contributed by atoms with Gasteiger partial charge in [-0.05, 0) is 31.2 Å². The fourth-order valence-corrected chi connectivity index (χ4v) is 2.18. The van der Waals surface area contributed by atoms with Gasteiger partial charge in [0.15, 0.2) is 0 Å². The molecule has 13 heavy (non-hydrogen) atoms. The van der Waals surface area contributed by atoms with Crippen LogP contribution in [0.15, 0.2) is 0 Å². The third kappa shape index (κ3) is 4.12. The zero-order valence-corrected chi connectivity index (χ0v) is 9.73. The van der Waals surface area contributed by atoms with Gasteiger partial charge < -0.3 is 5.73 Å². The molecule has 1 aliphatic carbocycles. The number of hydrogen-bond acceptors (Lipinski definition) is 1. The molecule has 1 rings (SSSR count). The van der Waals surface area contributed by atoms with Crippen molar-refractivity contribution in [3.05, 3.63) is 0 Å². The summed E-state index contributed by atoms with van der Waals surface area (Å²) in [5, 5.41) is 0. The van der Waals surface area contributed by atoms with Crippen LogP contribution in [-0.4, -0.2) is 6.54 Å². The SMILES string of the molecule is CC.CCC1(CN)CCCCCC1.[HH]. The second kappa shape index (κ2) is 7.37. The van der Waals surface area contributed by atoms with Crippen molar-refractivity contribution in [3.8, 4) is 0 Å². The van der Waals surface area contributed by atoms with Gasteiger partial charge >= 0.3 is 0 Å². The van der Waals surface area contributed by atoms with Crippen LogP contribution in [0.2, 0.25) is 0 Å². The molecule has 0 unspecified atom stereocenters. The molecule has 1 fully saturated rings. The summed E-state index contributed by atoms with van der Waals surface area (Å²) in [6.45, 7) is 7.20. The van der Waals surface area contributed by atoms with E-state index >= 15 is 0 Å². The molecule has 0 aromatic heterocycles.